The minimum absolute atomic E-state index is 0.0845. The molecule has 1 heterocycles. The smallest absolute Gasteiger partial charge is 0.335 e. The van der Waals surface area contributed by atoms with Crippen molar-refractivity contribution in [2.45, 2.75) is 25.8 Å². The second-order valence-corrected chi connectivity index (χ2v) is 5.14. The summed E-state index contributed by atoms with van der Waals surface area (Å²) in [6.07, 6.45) is 1.88. The Labute approximate surface area is 118 Å². The van der Waals surface area contributed by atoms with E-state index >= 15 is 0 Å². The molecule has 5 heteroatoms. The standard InChI is InChI=1S/C15H19NO4/c1-10-6-11(8-12(7-10)15(18)19)14(17)16-5-3-4-13(16)9-20-2/h6-8,13H,3-5,9H2,1-2H3,(H,18,19)/t13-/m1/s1. The van der Waals surface area contributed by atoms with E-state index in [2.05, 4.69) is 0 Å². The summed E-state index contributed by atoms with van der Waals surface area (Å²) in [5.41, 5.74) is 1.36. The van der Waals surface area contributed by atoms with Crippen LogP contribution < -0.4 is 0 Å². The number of aromatic carboxylic acids is 1. The molecule has 0 saturated carbocycles. The van der Waals surface area contributed by atoms with E-state index in [0.29, 0.717) is 18.7 Å². The third kappa shape index (κ3) is 2.99. The highest BCUT2D eigenvalue weighted by Gasteiger charge is 2.29. The third-order valence-corrected chi connectivity index (χ3v) is 3.57. The first-order valence-corrected chi connectivity index (χ1v) is 6.68. The van der Waals surface area contributed by atoms with Gasteiger partial charge in [0.1, 0.15) is 0 Å². The molecule has 5 nitrogen and oxygen atoms in total. The lowest BCUT2D eigenvalue weighted by Gasteiger charge is -2.24. The van der Waals surface area contributed by atoms with Crippen molar-refractivity contribution >= 4 is 11.9 Å². The monoisotopic (exact) mass is 277 g/mol. The normalized spacial score (nSPS) is 18.3. The number of rotatable bonds is 4. The van der Waals surface area contributed by atoms with Crippen LogP contribution in [0.3, 0.4) is 0 Å². The van der Waals surface area contributed by atoms with Crippen LogP contribution >= 0.6 is 0 Å². The molecule has 2 rings (SSSR count). The van der Waals surface area contributed by atoms with E-state index in [0.717, 1.165) is 18.4 Å². The van der Waals surface area contributed by atoms with E-state index in [1.807, 2.05) is 0 Å². The Bertz CT molecular complexity index is 527. The van der Waals surface area contributed by atoms with E-state index in [-0.39, 0.29) is 17.5 Å². The van der Waals surface area contributed by atoms with E-state index in [4.69, 9.17) is 9.84 Å². The summed E-state index contributed by atoms with van der Waals surface area (Å²) < 4.78 is 5.14. The summed E-state index contributed by atoms with van der Waals surface area (Å²) in [7, 11) is 1.62. The summed E-state index contributed by atoms with van der Waals surface area (Å²) >= 11 is 0. The van der Waals surface area contributed by atoms with Gasteiger partial charge in [-0.05, 0) is 43.5 Å². The van der Waals surface area contributed by atoms with Crippen LogP contribution in [0.4, 0.5) is 0 Å². The van der Waals surface area contributed by atoms with E-state index in [9.17, 15) is 9.59 Å². The molecule has 1 aromatic carbocycles. The summed E-state index contributed by atoms with van der Waals surface area (Å²) in [6, 6.07) is 4.83. The molecule has 0 aliphatic carbocycles. The molecule has 0 radical (unpaired) electrons. The molecule has 1 saturated heterocycles. The average Bonchev–Trinajstić information content (AvgIpc) is 2.85. The summed E-state index contributed by atoms with van der Waals surface area (Å²) in [5, 5.41) is 9.07. The summed E-state index contributed by atoms with van der Waals surface area (Å²) in [4.78, 5) is 25.4. The number of carbonyl (C=O) groups excluding carboxylic acids is 1. The second kappa shape index (κ2) is 6.05. The number of methoxy groups -OCH3 is 1. The van der Waals surface area contributed by atoms with Gasteiger partial charge in [0, 0.05) is 19.2 Å². The van der Waals surface area contributed by atoms with Gasteiger partial charge in [0.25, 0.3) is 5.91 Å². The highest BCUT2D eigenvalue weighted by molar-refractivity contribution is 5.98. The van der Waals surface area contributed by atoms with Crippen LogP contribution in [0.1, 0.15) is 39.1 Å². The van der Waals surface area contributed by atoms with Gasteiger partial charge in [-0.3, -0.25) is 4.79 Å². The van der Waals surface area contributed by atoms with Crippen molar-refractivity contribution in [3.8, 4) is 0 Å². The molecule has 1 aliphatic rings. The Hall–Kier alpha value is -1.88. The molecule has 1 amide bonds. The van der Waals surface area contributed by atoms with Crippen molar-refractivity contribution in [3.05, 3.63) is 34.9 Å². The number of carboxylic acids is 1. The number of hydrogen-bond acceptors (Lipinski definition) is 3. The van der Waals surface area contributed by atoms with Crippen molar-refractivity contribution in [2.24, 2.45) is 0 Å². The number of amides is 1. The molecule has 108 valence electrons. The van der Waals surface area contributed by atoms with Gasteiger partial charge in [0.05, 0.1) is 18.2 Å². The Kier molecular flexibility index (Phi) is 4.39. The number of carbonyl (C=O) groups is 2. The number of carboxylic acid groups (broad SMARTS) is 1. The van der Waals surface area contributed by atoms with Crippen LogP contribution in [0.25, 0.3) is 0 Å². The number of nitrogens with zero attached hydrogens (tertiary/aromatic N) is 1. The maximum absolute atomic E-state index is 12.5. The zero-order valence-corrected chi connectivity index (χ0v) is 11.8. The topological polar surface area (TPSA) is 66.8 Å². The largest absolute Gasteiger partial charge is 0.478 e. The minimum atomic E-state index is -1.02. The third-order valence-electron chi connectivity index (χ3n) is 3.57. The number of aryl methyl sites for hydroxylation is 1. The minimum Gasteiger partial charge on any atom is -0.478 e. The van der Waals surface area contributed by atoms with Crippen LogP contribution in [0.2, 0.25) is 0 Å². The number of benzene rings is 1. The van der Waals surface area contributed by atoms with Crippen LogP contribution in [0, 0.1) is 6.92 Å². The van der Waals surface area contributed by atoms with Gasteiger partial charge in [-0.25, -0.2) is 4.79 Å². The molecule has 0 spiro atoms. The molecule has 0 aromatic heterocycles. The lowest BCUT2D eigenvalue weighted by molar-refractivity contribution is 0.0630. The number of hydrogen-bond donors (Lipinski definition) is 1. The SMILES string of the molecule is COC[C@H]1CCCN1C(=O)c1cc(C)cc(C(=O)O)c1. The maximum Gasteiger partial charge on any atom is 0.335 e. The molecule has 1 aromatic rings. The molecule has 1 atom stereocenters. The van der Waals surface area contributed by atoms with Gasteiger partial charge in [0.2, 0.25) is 0 Å². The van der Waals surface area contributed by atoms with Gasteiger partial charge in [-0.15, -0.1) is 0 Å². The first-order valence-electron chi connectivity index (χ1n) is 6.68. The van der Waals surface area contributed by atoms with Gasteiger partial charge in [-0.2, -0.15) is 0 Å². The summed E-state index contributed by atoms with van der Waals surface area (Å²) in [5.74, 6) is -1.13. The Morgan fingerprint density at radius 3 is 2.70 bits per heavy atom. The maximum atomic E-state index is 12.5. The summed E-state index contributed by atoms with van der Waals surface area (Å²) in [6.45, 7) is 3.01. The van der Waals surface area contributed by atoms with Crippen LogP contribution in [0.5, 0.6) is 0 Å². The lowest BCUT2D eigenvalue weighted by atomic mass is 10.1. The zero-order chi connectivity index (χ0) is 14.7. The number of ether oxygens (including phenoxy) is 1. The van der Waals surface area contributed by atoms with Gasteiger partial charge in [-0.1, -0.05) is 0 Å². The predicted octanol–water partition coefficient (Wildman–Crippen LogP) is 1.94. The molecule has 0 bridgehead atoms. The highest BCUT2D eigenvalue weighted by atomic mass is 16.5. The van der Waals surface area contributed by atoms with Crippen LogP contribution in [-0.4, -0.2) is 48.2 Å². The molecular formula is C15H19NO4. The fourth-order valence-corrected chi connectivity index (χ4v) is 2.66. The van der Waals surface area contributed by atoms with Crippen molar-refractivity contribution < 1.29 is 19.4 Å². The van der Waals surface area contributed by atoms with Crippen LogP contribution in [0.15, 0.2) is 18.2 Å². The molecule has 1 fully saturated rings. The molecule has 1 aliphatic heterocycles. The van der Waals surface area contributed by atoms with Gasteiger partial charge < -0.3 is 14.7 Å². The fourth-order valence-electron chi connectivity index (χ4n) is 2.66. The molecule has 20 heavy (non-hydrogen) atoms. The Morgan fingerprint density at radius 1 is 1.35 bits per heavy atom. The predicted molar refractivity (Wildman–Crippen MR) is 74.1 cm³/mol. The van der Waals surface area contributed by atoms with E-state index < -0.39 is 5.97 Å². The molecule has 0 unspecified atom stereocenters. The van der Waals surface area contributed by atoms with Crippen molar-refractivity contribution in [2.75, 3.05) is 20.3 Å². The van der Waals surface area contributed by atoms with Crippen LogP contribution in [-0.2, 0) is 4.74 Å². The van der Waals surface area contributed by atoms with E-state index in [1.54, 1.807) is 31.1 Å². The Balaban J connectivity index is 2.26. The molecular weight excluding hydrogens is 258 g/mol. The van der Waals surface area contributed by atoms with Crippen molar-refractivity contribution in [3.63, 3.8) is 0 Å². The second-order valence-electron chi connectivity index (χ2n) is 5.14. The fraction of sp³-hybridized carbons (Fsp3) is 0.467. The van der Waals surface area contributed by atoms with Crippen molar-refractivity contribution in [1.82, 2.24) is 4.90 Å². The highest BCUT2D eigenvalue weighted by Crippen LogP contribution is 2.21. The first kappa shape index (κ1) is 14.5. The van der Waals surface area contributed by atoms with Crippen molar-refractivity contribution in [1.29, 1.82) is 0 Å². The van der Waals surface area contributed by atoms with Gasteiger partial charge in [0.15, 0.2) is 0 Å². The average molecular weight is 277 g/mol. The zero-order valence-electron chi connectivity index (χ0n) is 11.8. The lowest BCUT2D eigenvalue weighted by Crippen LogP contribution is -2.38. The first-order chi connectivity index (χ1) is 9.52. The number of likely N-dealkylation sites (tertiary alicyclic amines) is 1. The Morgan fingerprint density at radius 2 is 2.05 bits per heavy atom. The quantitative estimate of drug-likeness (QED) is 0.913. The van der Waals surface area contributed by atoms with Gasteiger partial charge >= 0.3 is 5.97 Å². The van der Waals surface area contributed by atoms with E-state index in [1.165, 1.54) is 6.07 Å². The molecule has 1 N–H and O–H groups in total.